The molecule has 0 spiro atoms. The van der Waals surface area contributed by atoms with Gasteiger partial charge in [0.1, 0.15) is 11.4 Å². The summed E-state index contributed by atoms with van der Waals surface area (Å²) in [5.74, 6) is 1.23. The molecule has 1 aromatic heterocycles. The zero-order chi connectivity index (χ0) is 19.0. The monoisotopic (exact) mass is 485 g/mol. The normalized spacial score (nSPS) is 14.2. The number of aliphatic hydroxyl groups is 1. The topological polar surface area (TPSA) is 69.8 Å². The van der Waals surface area contributed by atoms with Crippen LogP contribution in [0.25, 0.3) is 0 Å². The summed E-state index contributed by atoms with van der Waals surface area (Å²) in [5.41, 5.74) is 0.248. The van der Waals surface area contributed by atoms with Gasteiger partial charge in [-0.3, -0.25) is 4.99 Å². The summed E-state index contributed by atoms with van der Waals surface area (Å²) in [6, 6.07) is 14.0. The van der Waals surface area contributed by atoms with Gasteiger partial charge in [0.25, 0.3) is 0 Å². The van der Waals surface area contributed by atoms with Crippen LogP contribution in [0.15, 0.2) is 58.1 Å². The maximum Gasteiger partial charge on any atom is 0.191 e. The first-order chi connectivity index (χ1) is 12.3. The second-order valence-electron chi connectivity index (χ2n) is 7.63. The summed E-state index contributed by atoms with van der Waals surface area (Å²) in [6.07, 6.45) is 2.52. The number of hydrogen-bond donors (Lipinski definition) is 3. The lowest BCUT2D eigenvalue weighted by molar-refractivity contribution is 0.0385. The Morgan fingerprint density at radius 1 is 1.07 bits per heavy atom. The van der Waals surface area contributed by atoms with E-state index < -0.39 is 5.60 Å². The lowest BCUT2D eigenvalue weighted by Crippen LogP contribution is -2.44. The van der Waals surface area contributed by atoms with Gasteiger partial charge in [-0.2, -0.15) is 0 Å². The average Bonchev–Trinajstić information content (AvgIpc) is 3.13. The molecule has 0 saturated heterocycles. The van der Waals surface area contributed by atoms with Crippen molar-refractivity contribution in [3.8, 4) is 0 Å². The third-order valence-corrected chi connectivity index (χ3v) is 4.19. The Bertz CT molecular complexity index is 683. The number of hydrogen-bond acceptors (Lipinski definition) is 3. The van der Waals surface area contributed by atoms with Gasteiger partial charge < -0.3 is 20.2 Å². The molecule has 1 atom stereocenters. The van der Waals surface area contributed by atoms with Gasteiger partial charge in [-0.15, -0.1) is 24.0 Å². The summed E-state index contributed by atoms with van der Waals surface area (Å²) in [6.45, 7) is 9.93. The first-order valence-electron chi connectivity index (χ1n) is 9.15. The molecule has 0 aliphatic carbocycles. The molecule has 1 heterocycles. The van der Waals surface area contributed by atoms with Gasteiger partial charge in [0.05, 0.1) is 12.8 Å². The largest absolute Gasteiger partial charge is 0.466 e. The zero-order valence-corrected chi connectivity index (χ0v) is 19.0. The molecule has 3 N–H and O–H groups in total. The summed E-state index contributed by atoms with van der Waals surface area (Å²) >= 11 is 0. The summed E-state index contributed by atoms with van der Waals surface area (Å²) in [5, 5.41) is 17.0. The highest BCUT2D eigenvalue weighted by molar-refractivity contribution is 14.0. The van der Waals surface area contributed by atoms with Crippen LogP contribution >= 0.6 is 24.0 Å². The molecule has 0 aliphatic heterocycles. The number of guanidine groups is 1. The molecule has 0 fully saturated rings. The minimum absolute atomic E-state index is 0. The van der Waals surface area contributed by atoms with Crippen molar-refractivity contribution < 1.29 is 9.52 Å². The van der Waals surface area contributed by atoms with E-state index in [9.17, 15) is 5.11 Å². The molecule has 0 aliphatic rings. The van der Waals surface area contributed by atoms with Crippen LogP contribution in [0.4, 0.5) is 0 Å². The predicted molar refractivity (Wildman–Crippen MR) is 122 cm³/mol. The van der Waals surface area contributed by atoms with Crippen molar-refractivity contribution >= 4 is 29.9 Å². The summed E-state index contributed by atoms with van der Waals surface area (Å²) in [4.78, 5) is 4.72. The first kappa shape index (κ1) is 23.5. The molecular weight excluding hydrogens is 453 g/mol. The van der Waals surface area contributed by atoms with E-state index in [-0.39, 0.29) is 29.4 Å². The number of aliphatic imine (C=N–C) groups is 1. The molecule has 0 bridgehead atoms. The highest BCUT2D eigenvalue weighted by Crippen LogP contribution is 2.22. The smallest absolute Gasteiger partial charge is 0.191 e. The van der Waals surface area contributed by atoms with Gasteiger partial charge in [0, 0.05) is 13.1 Å². The maximum atomic E-state index is 10.6. The Morgan fingerprint density at radius 2 is 1.78 bits per heavy atom. The lowest BCUT2D eigenvalue weighted by Gasteiger charge is -2.25. The van der Waals surface area contributed by atoms with E-state index in [1.54, 1.807) is 25.3 Å². The number of halogens is 1. The third-order valence-electron chi connectivity index (χ3n) is 4.19. The number of nitrogens with one attached hydrogen (secondary N) is 2. The van der Waals surface area contributed by atoms with E-state index in [1.165, 1.54) is 5.56 Å². The van der Waals surface area contributed by atoms with Crippen LogP contribution in [-0.4, -0.2) is 30.7 Å². The van der Waals surface area contributed by atoms with Crippen molar-refractivity contribution in [1.82, 2.24) is 10.6 Å². The van der Waals surface area contributed by atoms with Crippen LogP contribution in [0.3, 0.4) is 0 Å². The summed E-state index contributed by atoms with van der Waals surface area (Å²) < 4.78 is 5.32. The van der Waals surface area contributed by atoms with Crippen LogP contribution in [0.1, 0.15) is 39.0 Å². The van der Waals surface area contributed by atoms with Gasteiger partial charge in [0.15, 0.2) is 5.96 Å². The van der Waals surface area contributed by atoms with E-state index >= 15 is 0 Å². The molecule has 5 nitrogen and oxygen atoms in total. The van der Waals surface area contributed by atoms with Gasteiger partial charge in [0.2, 0.25) is 0 Å². The molecule has 2 rings (SSSR count). The standard InChI is InChI=1S/C21H31N3O2.HI/c1-5-22-19(24-16-21(4,25)18-12-9-13-26-18)23-15-20(2,3)14-17-10-7-6-8-11-17;/h6-13,25H,5,14-16H2,1-4H3,(H2,22,23,24);1H. The SMILES string of the molecule is CCNC(=NCC(C)(C)Cc1ccccc1)NCC(C)(O)c1ccco1.I. The van der Waals surface area contributed by atoms with Crippen LogP contribution in [0, 0.1) is 5.41 Å². The highest BCUT2D eigenvalue weighted by atomic mass is 127. The average molecular weight is 485 g/mol. The third kappa shape index (κ3) is 7.92. The number of nitrogens with zero attached hydrogens (tertiary/aromatic N) is 1. The highest BCUT2D eigenvalue weighted by Gasteiger charge is 2.26. The van der Waals surface area contributed by atoms with Crippen LogP contribution in [-0.2, 0) is 12.0 Å². The van der Waals surface area contributed by atoms with Crippen LogP contribution < -0.4 is 10.6 Å². The van der Waals surface area contributed by atoms with E-state index in [1.807, 2.05) is 13.0 Å². The van der Waals surface area contributed by atoms with E-state index in [0.717, 1.165) is 13.0 Å². The number of rotatable bonds is 8. The molecule has 27 heavy (non-hydrogen) atoms. The number of benzene rings is 1. The van der Waals surface area contributed by atoms with Gasteiger partial charge in [-0.25, -0.2) is 0 Å². The first-order valence-corrected chi connectivity index (χ1v) is 9.15. The fraction of sp³-hybridized carbons (Fsp3) is 0.476. The van der Waals surface area contributed by atoms with E-state index in [2.05, 4.69) is 48.7 Å². The fourth-order valence-corrected chi connectivity index (χ4v) is 2.77. The van der Waals surface area contributed by atoms with Crippen LogP contribution in [0.2, 0.25) is 0 Å². The van der Waals surface area contributed by atoms with Gasteiger partial charge in [-0.05, 0) is 43.4 Å². The van der Waals surface area contributed by atoms with Gasteiger partial charge >= 0.3 is 0 Å². The minimum Gasteiger partial charge on any atom is -0.466 e. The van der Waals surface area contributed by atoms with Crippen molar-refractivity contribution in [3.63, 3.8) is 0 Å². The quantitative estimate of drug-likeness (QED) is 0.301. The second-order valence-corrected chi connectivity index (χ2v) is 7.63. The molecule has 0 radical (unpaired) electrons. The number of furan rings is 1. The molecular formula is C21H32IN3O2. The molecule has 1 unspecified atom stereocenters. The molecule has 150 valence electrons. The summed E-state index contributed by atoms with van der Waals surface area (Å²) in [7, 11) is 0. The van der Waals surface area contributed by atoms with Crippen molar-refractivity contribution in [2.45, 2.75) is 39.7 Å². The Kier molecular flexibility index (Phi) is 9.32. The Balaban J connectivity index is 0.00000364. The van der Waals surface area contributed by atoms with Gasteiger partial charge in [-0.1, -0.05) is 44.2 Å². The van der Waals surface area contributed by atoms with Crippen molar-refractivity contribution in [2.24, 2.45) is 10.4 Å². The van der Waals surface area contributed by atoms with Crippen molar-refractivity contribution in [1.29, 1.82) is 0 Å². The lowest BCUT2D eigenvalue weighted by atomic mass is 9.86. The molecule has 2 aromatic rings. The Hall–Kier alpha value is -1.54. The fourth-order valence-electron chi connectivity index (χ4n) is 2.77. The van der Waals surface area contributed by atoms with Crippen molar-refractivity contribution in [3.05, 3.63) is 60.1 Å². The Morgan fingerprint density at radius 3 is 2.37 bits per heavy atom. The molecule has 0 saturated carbocycles. The Labute approximate surface area is 179 Å². The predicted octanol–water partition coefficient (Wildman–Crippen LogP) is 3.93. The zero-order valence-electron chi connectivity index (χ0n) is 16.7. The van der Waals surface area contributed by atoms with Crippen molar-refractivity contribution in [2.75, 3.05) is 19.6 Å². The molecule has 0 amide bonds. The maximum absolute atomic E-state index is 10.6. The second kappa shape index (κ2) is 10.7. The van der Waals surface area contributed by atoms with Crippen LogP contribution in [0.5, 0.6) is 0 Å². The minimum atomic E-state index is -1.10. The molecule has 1 aromatic carbocycles. The van der Waals surface area contributed by atoms with E-state index in [0.29, 0.717) is 24.8 Å². The van der Waals surface area contributed by atoms with E-state index in [4.69, 9.17) is 9.41 Å². The molecule has 6 heteroatoms.